The van der Waals surface area contributed by atoms with Crippen LogP contribution >= 0.6 is 0 Å². The Morgan fingerprint density at radius 1 is 1.30 bits per heavy atom. The molecule has 1 N–H and O–H groups in total. The largest absolute Gasteiger partial charge is 0.286 e. The maximum absolute atomic E-state index is 11.0. The second-order valence-corrected chi connectivity index (χ2v) is 2.93. The molecule has 0 rings (SSSR count). The quantitative estimate of drug-likeness (QED) is 0.469. The maximum Gasteiger partial charge on any atom is 0.248 e. The SMILES string of the molecule is CC(C)C(=O)N(O)C(C)C. The van der Waals surface area contributed by atoms with Crippen LogP contribution in [0.3, 0.4) is 0 Å². The molecule has 0 aromatic rings. The van der Waals surface area contributed by atoms with Crippen LogP contribution in [0, 0.1) is 5.92 Å². The number of nitrogens with zero attached hydrogens (tertiary/aromatic N) is 1. The van der Waals surface area contributed by atoms with Crippen LogP contribution in [0.4, 0.5) is 0 Å². The minimum Gasteiger partial charge on any atom is -0.286 e. The van der Waals surface area contributed by atoms with Gasteiger partial charge in [-0.25, -0.2) is 5.06 Å². The minimum absolute atomic E-state index is 0.130. The number of hydrogen-bond donors (Lipinski definition) is 1. The summed E-state index contributed by atoms with van der Waals surface area (Å²) in [5.74, 6) is -0.359. The first-order chi connectivity index (χ1) is 4.46. The Bertz CT molecular complexity index is 121. The van der Waals surface area contributed by atoms with Gasteiger partial charge in [0.25, 0.3) is 0 Å². The first-order valence-electron chi connectivity index (χ1n) is 3.48. The molecule has 0 aliphatic heterocycles. The van der Waals surface area contributed by atoms with Gasteiger partial charge in [-0.15, -0.1) is 0 Å². The number of carbonyl (C=O) groups excluding carboxylic acids is 1. The van der Waals surface area contributed by atoms with Crippen molar-refractivity contribution in [3.05, 3.63) is 0 Å². The van der Waals surface area contributed by atoms with Crippen LogP contribution in [0.1, 0.15) is 27.7 Å². The Morgan fingerprint density at radius 3 is 1.80 bits per heavy atom. The lowest BCUT2D eigenvalue weighted by Crippen LogP contribution is -2.36. The molecule has 0 unspecified atom stereocenters. The summed E-state index contributed by atoms with van der Waals surface area (Å²) in [6.45, 7) is 7.04. The number of rotatable bonds is 2. The monoisotopic (exact) mass is 145 g/mol. The van der Waals surface area contributed by atoms with Gasteiger partial charge < -0.3 is 0 Å². The van der Waals surface area contributed by atoms with Gasteiger partial charge in [-0.3, -0.25) is 10.0 Å². The molecule has 60 valence electrons. The topological polar surface area (TPSA) is 40.5 Å². The van der Waals surface area contributed by atoms with Crippen molar-refractivity contribution < 1.29 is 10.0 Å². The predicted molar refractivity (Wildman–Crippen MR) is 38.6 cm³/mol. The van der Waals surface area contributed by atoms with E-state index in [1.165, 1.54) is 0 Å². The predicted octanol–water partition coefficient (Wildman–Crippen LogP) is 1.27. The number of hydrogen-bond acceptors (Lipinski definition) is 2. The zero-order valence-corrected chi connectivity index (χ0v) is 6.96. The molecule has 0 radical (unpaired) electrons. The molecule has 0 spiro atoms. The molecule has 0 saturated heterocycles. The maximum atomic E-state index is 11.0. The molecule has 0 aliphatic rings. The summed E-state index contributed by atoms with van der Waals surface area (Å²) in [5, 5.41) is 9.82. The highest BCUT2D eigenvalue weighted by molar-refractivity contribution is 5.77. The van der Waals surface area contributed by atoms with Crippen LogP contribution in [-0.2, 0) is 4.79 Å². The molecule has 0 heterocycles. The van der Waals surface area contributed by atoms with Crippen molar-refractivity contribution in [2.24, 2.45) is 5.92 Å². The van der Waals surface area contributed by atoms with Crippen LogP contribution in [0.25, 0.3) is 0 Å². The lowest BCUT2D eigenvalue weighted by atomic mass is 10.2. The summed E-state index contributed by atoms with van der Waals surface area (Å²) >= 11 is 0. The van der Waals surface area contributed by atoms with E-state index in [1.54, 1.807) is 27.7 Å². The molecule has 0 aromatic heterocycles. The zero-order valence-electron chi connectivity index (χ0n) is 6.96. The number of amides is 1. The Balaban J connectivity index is 3.95. The number of carbonyl (C=O) groups is 1. The van der Waals surface area contributed by atoms with Crippen molar-refractivity contribution in [1.29, 1.82) is 0 Å². The molecular formula is C7H15NO2. The normalized spacial score (nSPS) is 10.7. The van der Waals surface area contributed by atoms with Crippen LogP contribution in [0.15, 0.2) is 0 Å². The zero-order chi connectivity index (χ0) is 8.31. The van der Waals surface area contributed by atoms with Gasteiger partial charge in [0.1, 0.15) is 0 Å². The van der Waals surface area contributed by atoms with Crippen LogP contribution in [0.2, 0.25) is 0 Å². The van der Waals surface area contributed by atoms with Crippen LogP contribution in [0.5, 0.6) is 0 Å². The van der Waals surface area contributed by atoms with Crippen molar-refractivity contribution in [3.63, 3.8) is 0 Å². The van der Waals surface area contributed by atoms with E-state index in [0.29, 0.717) is 0 Å². The first kappa shape index (κ1) is 9.43. The fraction of sp³-hybridized carbons (Fsp3) is 0.857. The highest BCUT2D eigenvalue weighted by Crippen LogP contribution is 2.01. The van der Waals surface area contributed by atoms with Crippen molar-refractivity contribution in [3.8, 4) is 0 Å². The van der Waals surface area contributed by atoms with Crippen molar-refractivity contribution >= 4 is 5.91 Å². The standard InChI is InChI=1S/C7H15NO2/c1-5(2)7(9)8(10)6(3)4/h5-6,10H,1-4H3. The van der Waals surface area contributed by atoms with Gasteiger partial charge in [-0.2, -0.15) is 0 Å². The molecule has 10 heavy (non-hydrogen) atoms. The molecule has 0 atom stereocenters. The highest BCUT2D eigenvalue weighted by atomic mass is 16.5. The summed E-state index contributed by atoms with van der Waals surface area (Å²) in [4.78, 5) is 11.0. The molecule has 0 bridgehead atoms. The molecular weight excluding hydrogens is 130 g/mol. The summed E-state index contributed by atoms with van der Waals surface area (Å²) < 4.78 is 0. The van der Waals surface area contributed by atoms with Gasteiger partial charge in [0.15, 0.2) is 0 Å². The Labute approximate surface area is 61.6 Å². The van der Waals surface area contributed by atoms with Crippen LogP contribution in [-0.4, -0.2) is 22.2 Å². The molecule has 0 aromatic carbocycles. The van der Waals surface area contributed by atoms with E-state index in [2.05, 4.69) is 0 Å². The van der Waals surface area contributed by atoms with E-state index >= 15 is 0 Å². The Hall–Kier alpha value is -0.570. The molecule has 0 saturated carbocycles. The van der Waals surface area contributed by atoms with Gasteiger partial charge in [-0.05, 0) is 13.8 Å². The number of hydroxylamine groups is 2. The second-order valence-electron chi connectivity index (χ2n) is 2.93. The summed E-state index contributed by atoms with van der Waals surface area (Å²) in [6.07, 6.45) is 0. The highest BCUT2D eigenvalue weighted by Gasteiger charge is 2.16. The van der Waals surface area contributed by atoms with E-state index in [9.17, 15) is 4.79 Å². The smallest absolute Gasteiger partial charge is 0.248 e. The lowest BCUT2D eigenvalue weighted by molar-refractivity contribution is -0.176. The average molecular weight is 145 g/mol. The third-order valence-electron chi connectivity index (χ3n) is 1.21. The van der Waals surface area contributed by atoms with Crippen LogP contribution < -0.4 is 0 Å². The van der Waals surface area contributed by atoms with E-state index in [-0.39, 0.29) is 17.9 Å². The average Bonchev–Trinajstić information content (AvgIpc) is 1.84. The minimum atomic E-state index is -0.227. The second kappa shape index (κ2) is 3.56. The summed E-state index contributed by atoms with van der Waals surface area (Å²) in [7, 11) is 0. The fourth-order valence-electron chi connectivity index (χ4n) is 0.519. The molecule has 1 amide bonds. The third-order valence-corrected chi connectivity index (χ3v) is 1.21. The first-order valence-corrected chi connectivity index (χ1v) is 3.48. The van der Waals surface area contributed by atoms with Gasteiger partial charge in [0.05, 0.1) is 6.04 Å². The van der Waals surface area contributed by atoms with E-state index in [4.69, 9.17) is 5.21 Å². The van der Waals surface area contributed by atoms with Gasteiger partial charge in [-0.1, -0.05) is 13.8 Å². The van der Waals surface area contributed by atoms with Crippen molar-refractivity contribution in [1.82, 2.24) is 5.06 Å². The van der Waals surface area contributed by atoms with E-state index in [1.807, 2.05) is 0 Å². The molecule has 3 nitrogen and oxygen atoms in total. The van der Waals surface area contributed by atoms with Gasteiger partial charge >= 0.3 is 0 Å². The molecule has 0 aliphatic carbocycles. The van der Waals surface area contributed by atoms with E-state index < -0.39 is 0 Å². The van der Waals surface area contributed by atoms with Crippen molar-refractivity contribution in [2.45, 2.75) is 33.7 Å². The van der Waals surface area contributed by atoms with Gasteiger partial charge in [0.2, 0.25) is 5.91 Å². The Morgan fingerprint density at radius 2 is 1.70 bits per heavy atom. The molecule has 3 heteroatoms. The van der Waals surface area contributed by atoms with Gasteiger partial charge in [0, 0.05) is 5.92 Å². The molecule has 0 fully saturated rings. The Kier molecular flexibility index (Phi) is 3.36. The van der Waals surface area contributed by atoms with Crippen molar-refractivity contribution in [2.75, 3.05) is 0 Å². The summed E-state index contributed by atoms with van der Waals surface area (Å²) in [5.41, 5.74) is 0. The third kappa shape index (κ3) is 2.35. The fourth-order valence-corrected chi connectivity index (χ4v) is 0.519. The lowest BCUT2D eigenvalue weighted by Gasteiger charge is -2.20. The summed E-state index contributed by atoms with van der Waals surface area (Å²) in [6, 6.07) is -0.130. The van der Waals surface area contributed by atoms with E-state index in [0.717, 1.165) is 5.06 Å².